The highest BCUT2D eigenvalue weighted by Crippen LogP contribution is 2.26. The van der Waals surface area contributed by atoms with Gasteiger partial charge in [0, 0.05) is 12.0 Å². The van der Waals surface area contributed by atoms with Gasteiger partial charge in [0.1, 0.15) is 11.9 Å². The van der Waals surface area contributed by atoms with Gasteiger partial charge in [-0.05, 0) is 41.3 Å². The molecule has 32 heavy (non-hydrogen) atoms. The number of nitrogens with zero attached hydrogens (tertiary/aromatic N) is 2. The molecule has 2 aromatic carbocycles. The summed E-state index contributed by atoms with van der Waals surface area (Å²) in [6.45, 7) is 7.75. The van der Waals surface area contributed by atoms with Crippen molar-refractivity contribution in [2.24, 2.45) is 0 Å². The summed E-state index contributed by atoms with van der Waals surface area (Å²) < 4.78 is 13.6. The molecule has 0 bridgehead atoms. The third-order valence-electron chi connectivity index (χ3n) is 5.31. The van der Waals surface area contributed by atoms with Crippen molar-refractivity contribution in [3.05, 3.63) is 65.5 Å². The minimum Gasteiger partial charge on any atom is -0.274 e. The van der Waals surface area contributed by atoms with Gasteiger partial charge in [0.05, 0.1) is 12.1 Å². The number of hydrogen-bond donors (Lipinski definition) is 1. The third kappa shape index (κ3) is 4.69. The Labute approximate surface area is 186 Å². The number of halogens is 1. The second-order valence-corrected chi connectivity index (χ2v) is 8.65. The van der Waals surface area contributed by atoms with Gasteiger partial charge in [-0.1, -0.05) is 45.9 Å². The Kier molecular flexibility index (Phi) is 6.43. The normalized spacial score (nSPS) is 16.3. The Morgan fingerprint density at radius 1 is 1.12 bits per heavy atom. The first-order valence-corrected chi connectivity index (χ1v) is 10.4. The SMILES string of the molecule is CCC(=O)N(NC(=O)c1ccc(C(C)(C)C)cc1)C1CC(=O)N(c2cccc(F)c2)C1=O. The van der Waals surface area contributed by atoms with E-state index in [4.69, 9.17) is 0 Å². The van der Waals surface area contributed by atoms with E-state index in [1.807, 2.05) is 12.1 Å². The highest BCUT2D eigenvalue weighted by molar-refractivity contribution is 6.23. The number of anilines is 1. The Hall–Kier alpha value is -3.55. The van der Waals surface area contributed by atoms with Crippen molar-refractivity contribution in [2.75, 3.05) is 4.90 Å². The summed E-state index contributed by atoms with van der Waals surface area (Å²) in [6, 6.07) is 10.8. The molecule has 7 nitrogen and oxygen atoms in total. The Morgan fingerprint density at radius 3 is 2.34 bits per heavy atom. The third-order valence-corrected chi connectivity index (χ3v) is 5.31. The zero-order valence-electron chi connectivity index (χ0n) is 18.5. The van der Waals surface area contributed by atoms with Crippen LogP contribution in [0.25, 0.3) is 0 Å². The van der Waals surface area contributed by atoms with Gasteiger partial charge in [0.2, 0.25) is 11.8 Å². The summed E-state index contributed by atoms with van der Waals surface area (Å²) in [5.41, 5.74) is 3.83. The van der Waals surface area contributed by atoms with Crippen LogP contribution in [0.1, 0.15) is 56.5 Å². The van der Waals surface area contributed by atoms with E-state index in [1.165, 1.54) is 18.2 Å². The smallest absolute Gasteiger partial charge is 0.269 e. The molecule has 0 aromatic heterocycles. The lowest BCUT2D eigenvalue weighted by Crippen LogP contribution is -2.54. The van der Waals surface area contributed by atoms with Gasteiger partial charge in [-0.25, -0.2) is 14.3 Å². The van der Waals surface area contributed by atoms with Gasteiger partial charge in [0.15, 0.2) is 0 Å². The van der Waals surface area contributed by atoms with Crippen LogP contribution in [0, 0.1) is 5.82 Å². The maximum atomic E-state index is 13.6. The molecule has 168 valence electrons. The van der Waals surface area contributed by atoms with Crippen molar-refractivity contribution < 1.29 is 23.6 Å². The zero-order chi connectivity index (χ0) is 23.6. The van der Waals surface area contributed by atoms with Gasteiger partial charge in [0.25, 0.3) is 11.8 Å². The fourth-order valence-electron chi connectivity index (χ4n) is 3.48. The van der Waals surface area contributed by atoms with Crippen LogP contribution in [0.2, 0.25) is 0 Å². The van der Waals surface area contributed by atoms with Crippen LogP contribution in [-0.2, 0) is 19.8 Å². The van der Waals surface area contributed by atoms with Crippen LogP contribution in [0.5, 0.6) is 0 Å². The lowest BCUT2D eigenvalue weighted by Gasteiger charge is -2.27. The molecular formula is C24H26FN3O4. The van der Waals surface area contributed by atoms with E-state index in [-0.39, 0.29) is 23.9 Å². The molecule has 0 radical (unpaired) electrons. The quantitative estimate of drug-likeness (QED) is 0.585. The molecule has 3 rings (SSSR count). The van der Waals surface area contributed by atoms with Gasteiger partial charge < -0.3 is 0 Å². The van der Waals surface area contributed by atoms with Crippen molar-refractivity contribution in [1.82, 2.24) is 10.4 Å². The highest BCUT2D eigenvalue weighted by Gasteiger charge is 2.45. The second-order valence-electron chi connectivity index (χ2n) is 8.65. The second kappa shape index (κ2) is 8.90. The van der Waals surface area contributed by atoms with Crippen LogP contribution >= 0.6 is 0 Å². The maximum absolute atomic E-state index is 13.6. The van der Waals surface area contributed by atoms with Gasteiger partial charge >= 0.3 is 0 Å². The lowest BCUT2D eigenvalue weighted by molar-refractivity contribution is -0.140. The van der Waals surface area contributed by atoms with E-state index in [0.29, 0.717) is 5.56 Å². The Balaban J connectivity index is 1.84. The van der Waals surface area contributed by atoms with Crippen molar-refractivity contribution >= 4 is 29.3 Å². The molecule has 1 aliphatic heterocycles. The molecule has 1 saturated heterocycles. The number of benzene rings is 2. The number of carbonyl (C=O) groups excluding carboxylic acids is 4. The van der Waals surface area contributed by atoms with Crippen molar-refractivity contribution in [1.29, 1.82) is 0 Å². The van der Waals surface area contributed by atoms with E-state index in [2.05, 4.69) is 26.2 Å². The average Bonchev–Trinajstić information content (AvgIpc) is 3.04. The van der Waals surface area contributed by atoms with Crippen LogP contribution in [-0.4, -0.2) is 34.7 Å². The maximum Gasteiger partial charge on any atom is 0.269 e. The van der Waals surface area contributed by atoms with Crippen molar-refractivity contribution in [3.8, 4) is 0 Å². The summed E-state index contributed by atoms with van der Waals surface area (Å²) in [5.74, 6) is -2.97. The molecule has 0 aliphatic carbocycles. The van der Waals surface area contributed by atoms with E-state index in [9.17, 15) is 23.6 Å². The largest absolute Gasteiger partial charge is 0.274 e. The summed E-state index contributed by atoms with van der Waals surface area (Å²) in [5, 5.41) is 0.916. The minimum absolute atomic E-state index is 0.0151. The number of imide groups is 1. The van der Waals surface area contributed by atoms with Gasteiger partial charge in [-0.2, -0.15) is 0 Å². The summed E-state index contributed by atoms with van der Waals surface area (Å²) in [6.07, 6.45) is -0.300. The highest BCUT2D eigenvalue weighted by atomic mass is 19.1. The minimum atomic E-state index is -1.21. The standard InChI is InChI=1S/C24H26FN3O4/c1-5-20(29)28(26-22(31)15-9-11-16(12-10-15)24(2,3)4)19-14-21(30)27(23(19)32)18-8-6-7-17(25)13-18/h6-13,19H,5,14H2,1-4H3,(H,26,31). The number of carbonyl (C=O) groups is 4. The molecule has 1 atom stereocenters. The number of amides is 4. The number of nitrogens with one attached hydrogen (secondary N) is 1. The fourth-order valence-corrected chi connectivity index (χ4v) is 3.48. The van der Waals surface area contributed by atoms with Crippen molar-refractivity contribution in [3.63, 3.8) is 0 Å². The summed E-state index contributed by atoms with van der Waals surface area (Å²) in [7, 11) is 0. The Bertz CT molecular complexity index is 1060. The first kappa shape index (κ1) is 23.1. The molecule has 8 heteroatoms. The molecular weight excluding hydrogens is 413 g/mol. The predicted octanol–water partition coefficient (Wildman–Crippen LogP) is 3.34. The zero-order valence-corrected chi connectivity index (χ0v) is 18.5. The Morgan fingerprint density at radius 2 is 1.78 bits per heavy atom. The molecule has 4 amide bonds. The molecule has 1 heterocycles. The summed E-state index contributed by atoms with van der Waals surface area (Å²) >= 11 is 0. The molecule has 1 fully saturated rings. The van der Waals surface area contributed by atoms with Crippen LogP contribution in [0.15, 0.2) is 48.5 Å². The van der Waals surface area contributed by atoms with E-state index < -0.39 is 35.5 Å². The topological polar surface area (TPSA) is 86.8 Å². The molecule has 1 unspecified atom stereocenters. The molecule has 1 aliphatic rings. The molecule has 0 spiro atoms. The van der Waals surface area contributed by atoms with Gasteiger partial charge in [-0.15, -0.1) is 0 Å². The number of hydrogen-bond acceptors (Lipinski definition) is 4. The van der Waals surface area contributed by atoms with Crippen LogP contribution < -0.4 is 10.3 Å². The monoisotopic (exact) mass is 439 g/mol. The fraction of sp³-hybridized carbons (Fsp3) is 0.333. The molecule has 2 aromatic rings. The lowest BCUT2D eigenvalue weighted by atomic mass is 9.87. The van der Waals surface area contributed by atoms with E-state index >= 15 is 0 Å². The predicted molar refractivity (Wildman–Crippen MR) is 117 cm³/mol. The van der Waals surface area contributed by atoms with E-state index in [0.717, 1.165) is 21.5 Å². The number of rotatable bonds is 4. The first-order chi connectivity index (χ1) is 15.0. The molecule has 0 saturated carbocycles. The van der Waals surface area contributed by atoms with Crippen molar-refractivity contribution in [2.45, 2.75) is 52.0 Å². The van der Waals surface area contributed by atoms with Crippen LogP contribution in [0.3, 0.4) is 0 Å². The average molecular weight is 439 g/mol. The first-order valence-electron chi connectivity index (χ1n) is 10.4. The summed E-state index contributed by atoms with van der Waals surface area (Å²) in [4.78, 5) is 51.8. The molecule has 1 N–H and O–H groups in total. The number of hydrazine groups is 1. The van der Waals surface area contributed by atoms with Crippen LogP contribution in [0.4, 0.5) is 10.1 Å². The van der Waals surface area contributed by atoms with E-state index in [1.54, 1.807) is 19.1 Å². The van der Waals surface area contributed by atoms with Gasteiger partial charge in [-0.3, -0.25) is 24.6 Å².